The Balaban J connectivity index is 1.31. The van der Waals surface area contributed by atoms with Gasteiger partial charge in [-0.3, -0.25) is 0 Å². The first kappa shape index (κ1) is 22.2. The molecule has 2 aromatic heterocycles. The van der Waals surface area contributed by atoms with Crippen molar-refractivity contribution in [2.75, 3.05) is 5.32 Å². The summed E-state index contributed by atoms with van der Waals surface area (Å²) in [7, 11) is 0. The van der Waals surface area contributed by atoms with Gasteiger partial charge in [-0.05, 0) is 68.5 Å². The lowest BCUT2D eigenvalue weighted by molar-refractivity contribution is -0.286. The number of fused-ring (bicyclic) bond motifs is 1. The van der Waals surface area contributed by atoms with E-state index in [0.717, 1.165) is 40.4 Å². The third kappa shape index (κ3) is 5.01. The predicted octanol–water partition coefficient (Wildman–Crippen LogP) is 7.42. The van der Waals surface area contributed by atoms with Crippen molar-refractivity contribution in [2.45, 2.75) is 58.0 Å². The Bertz CT molecular complexity index is 1160. The highest BCUT2D eigenvalue weighted by atomic mass is 35.5. The Labute approximate surface area is 199 Å². The number of pyridine rings is 1. The van der Waals surface area contributed by atoms with Crippen LogP contribution in [0.15, 0.2) is 36.4 Å². The highest BCUT2D eigenvalue weighted by Crippen LogP contribution is 2.42. The van der Waals surface area contributed by atoms with Gasteiger partial charge >= 0.3 is 6.29 Å². The van der Waals surface area contributed by atoms with Crippen molar-refractivity contribution in [3.8, 4) is 27.8 Å². The van der Waals surface area contributed by atoms with E-state index in [0.29, 0.717) is 16.6 Å². The van der Waals surface area contributed by atoms with Crippen molar-refractivity contribution in [1.29, 1.82) is 0 Å². The number of hydrogen-bond acceptors (Lipinski definition) is 6. The van der Waals surface area contributed by atoms with Gasteiger partial charge in [-0.2, -0.15) is 0 Å². The number of ether oxygens (including phenoxy) is 3. The van der Waals surface area contributed by atoms with E-state index in [1.165, 1.54) is 42.7 Å². The number of aryl methyl sites for hydroxylation is 1. The van der Waals surface area contributed by atoms with Gasteiger partial charge in [0.2, 0.25) is 0 Å². The Morgan fingerprint density at radius 1 is 1.12 bits per heavy atom. The molecule has 0 bridgehead atoms. The van der Waals surface area contributed by atoms with Crippen molar-refractivity contribution in [2.24, 2.45) is 0 Å². The number of rotatable bonds is 6. The highest BCUT2D eigenvalue weighted by Gasteiger charge is 2.43. The number of thiophene rings is 1. The maximum atomic E-state index is 13.3. The third-order valence-corrected chi connectivity index (χ3v) is 7.11. The second kappa shape index (κ2) is 8.99. The molecule has 2 aliphatic rings. The first-order valence-electron chi connectivity index (χ1n) is 10.9. The molecule has 3 aromatic rings. The van der Waals surface area contributed by atoms with E-state index in [-0.39, 0.29) is 17.6 Å². The Kier molecular flexibility index (Phi) is 6.05. The number of nitrogens with one attached hydrogen (secondary N) is 1. The van der Waals surface area contributed by atoms with Crippen molar-refractivity contribution in [1.82, 2.24) is 4.98 Å². The molecular formula is C24H23ClF2N2O3S. The van der Waals surface area contributed by atoms with Crippen LogP contribution < -0.4 is 19.5 Å². The molecule has 1 saturated carbocycles. The van der Waals surface area contributed by atoms with Crippen molar-refractivity contribution >= 4 is 28.6 Å². The topological polar surface area (TPSA) is 52.6 Å². The zero-order chi connectivity index (χ0) is 23.0. The largest absolute Gasteiger partial charge is 0.586 e. The summed E-state index contributed by atoms with van der Waals surface area (Å²) in [5, 5.41) is 3.24. The van der Waals surface area contributed by atoms with E-state index in [1.54, 1.807) is 6.07 Å². The minimum atomic E-state index is -3.63. The van der Waals surface area contributed by atoms with Gasteiger partial charge in [-0.1, -0.05) is 18.0 Å². The van der Waals surface area contributed by atoms with E-state index >= 15 is 0 Å². The van der Waals surface area contributed by atoms with Crippen molar-refractivity contribution < 1.29 is 23.0 Å². The SMILES string of the molecule is Cc1nc(-c2sc(Cl)cc2CNc2ccc3c(c2)OC(F)(F)O3)ccc1OC1CCCCC1. The molecule has 9 heteroatoms. The Hall–Kier alpha value is -2.58. The van der Waals surface area contributed by atoms with Crippen LogP contribution in [0.2, 0.25) is 4.34 Å². The first-order chi connectivity index (χ1) is 15.9. The highest BCUT2D eigenvalue weighted by molar-refractivity contribution is 7.19. The number of anilines is 1. The molecule has 5 rings (SSSR count). The molecule has 5 nitrogen and oxygen atoms in total. The first-order valence-corrected chi connectivity index (χ1v) is 12.1. The Morgan fingerprint density at radius 3 is 2.70 bits per heavy atom. The van der Waals surface area contributed by atoms with Gasteiger partial charge in [0, 0.05) is 18.3 Å². The van der Waals surface area contributed by atoms with E-state index < -0.39 is 6.29 Å². The summed E-state index contributed by atoms with van der Waals surface area (Å²) in [6, 6.07) is 10.4. The quantitative estimate of drug-likeness (QED) is 0.388. The van der Waals surface area contributed by atoms with E-state index in [9.17, 15) is 8.78 Å². The van der Waals surface area contributed by atoms with Crippen LogP contribution in [0.3, 0.4) is 0 Å². The molecule has 1 aromatic carbocycles. The number of nitrogens with zero attached hydrogens (tertiary/aromatic N) is 1. The number of aromatic nitrogens is 1. The van der Waals surface area contributed by atoms with Gasteiger partial charge in [0.25, 0.3) is 0 Å². The van der Waals surface area contributed by atoms with Crippen molar-refractivity contribution in [3.05, 3.63) is 52.0 Å². The second-order valence-electron chi connectivity index (χ2n) is 8.25. The fourth-order valence-electron chi connectivity index (χ4n) is 4.16. The summed E-state index contributed by atoms with van der Waals surface area (Å²) in [6.45, 7) is 2.40. The lowest BCUT2D eigenvalue weighted by Crippen LogP contribution is -2.25. The van der Waals surface area contributed by atoms with Crippen LogP contribution in [0.5, 0.6) is 17.2 Å². The minimum absolute atomic E-state index is 0.000537. The molecule has 1 aliphatic carbocycles. The molecule has 1 N–H and O–H groups in total. The third-order valence-electron chi connectivity index (χ3n) is 5.78. The normalized spacial score (nSPS) is 17.2. The van der Waals surface area contributed by atoms with E-state index in [2.05, 4.69) is 14.8 Å². The number of benzene rings is 1. The van der Waals surface area contributed by atoms with Gasteiger partial charge < -0.3 is 19.5 Å². The van der Waals surface area contributed by atoms with E-state index in [1.807, 2.05) is 25.1 Å². The zero-order valence-corrected chi connectivity index (χ0v) is 19.6. The van der Waals surface area contributed by atoms with Gasteiger partial charge in [0.05, 0.1) is 26.7 Å². The molecule has 3 heterocycles. The Morgan fingerprint density at radius 2 is 1.91 bits per heavy atom. The van der Waals surface area contributed by atoms with Crippen LogP contribution in [-0.4, -0.2) is 17.4 Å². The van der Waals surface area contributed by atoms with Crippen LogP contribution in [-0.2, 0) is 6.54 Å². The summed E-state index contributed by atoms with van der Waals surface area (Å²) in [6.07, 6.45) is 2.53. The van der Waals surface area contributed by atoms with Crippen LogP contribution in [0.25, 0.3) is 10.6 Å². The maximum absolute atomic E-state index is 13.3. The van der Waals surface area contributed by atoms with Crippen LogP contribution in [0.4, 0.5) is 14.5 Å². The maximum Gasteiger partial charge on any atom is 0.586 e. The standard InChI is InChI=1S/C24H23ClF2N2O3S/c1-14-19(30-17-5-3-2-4-6-17)10-8-18(29-14)23-15(11-22(25)33-23)13-28-16-7-9-20-21(12-16)32-24(26,27)31-20/h7-12,17,28H,2-6,13H2,1H3. The average molecular weight is 493 g/mol. The average Bonchev–Trinajstić information content (AvgIpc) is 3.31. The summed E-state index contributed by atoms with van der Waals surface area (Å²) in [5.41, 5.74) is 3.25. The number of halogens is 3. The molecule has 174 valence electrons. The molecule has 0 unspecified atom stereocenters. The monoisotopic (exact) mass is 492 g/mol. The van der Waals surface area contributed by atoms with Crippen LogP contribution >= 0.6 is 22.9 Å². The van der Waals surface area contributed by atoms with Gasteiger partial charge in [-0.15, -0.1) is 20.1 Å². The molecule has 0 saturated heterocycles. The predicted molar refractivity (Wildman–Crippen MR) is 125 cm³/mol. The molecule has 0 spiro atoms. The fraction of sp³-hybridized carbons (Fsp3) is 0.375. The zero-order valence-electron chi connectivity index (χ0n) is 18.0. The molecule has 0 radical (unpaired) electrons. The lowest BCUT2D eigenvalue weighted by atomic mass is 9.98. The summed E-state index contributed by atoms with van der Waals surface area (Å²) < 4.78 is 42.3. The van der Waals surface area contributed by atoms with Crippen LogP contribution in [0.1, 0.15) is 43.4 Å². The smallest absolute Gasteiger partial charge is 0.489 e. The molecule has 1 aliphatic heterocycles. The molecule has 33 heavy (non-hydrogen) atoms. The lowest BCUT2D eigenvalue weighted by Gasteiger charge is -2.23. The fourth-order valence-corrected chi connectivity index (χ4v) is 5.40. The number of alkyl halides is 2. The molecule has 1 fully saturated rings. The molecule has 0 atom stereocenters. The van der Waals surface area contributed by atoms with Gasteiger partial charge in [-0.25, -0.2) is 4.98 Å². The van der Waals surface area contributed by atoms with Gasteiger partial charge in [0.15, 0.2) is 11.5 Å². The molecular weight excluding hydrogens is 470 g/mol. The van der Waals surface area contributed by atoms with E-state index in [4.69, 9.17) is 21.3 Å². The second-order valence-corrected chi connectivity index (χ2v) is 9.93. The number of hydrogen-bond donors (Lipinski definition) is 1. The van der Waals surface area contributed by atoms with Crippen LogP contribution in [0, 0.1) is 6.92 Å². The summed E-state index contributed by atoms with van der Waals surface area (Å²) in [4.78, 5) is 5.73. The minimum Gasteiger partial charge on any atom is -0.489 e. The summed E-state index contributed by atoms with van der Waals surface area (Å²) in [5.74, 6) is 0.838. The van der Waals surface area contributed by atoms with Crippen molar-refractivity contribution in [3.63, 3.8) is 0 Å². The molecule has 0 amide bonds. The van der Waals surface area contributed by atoms with Gasteiger partial charge in [0.1, 0.15) is 5.75 Å². The summed E-state index contributed by atoms with van der Waals surface area (Å²) >= 11 is 7.77.